The number of nitrogens with one attached hydrogen (secondary N) is 1. The Morgan fingerprint density at radius 3 is 2.79 bits per heavy atom. The number of halogens is 1. The van der Waals surface area contributed by atoms with Gasteiger partial charge in [0.05, 0.1) is 6.42 Å². The van der Waals surface area contributed by atoms with E-state index in [1.54, 1.807) is 12.1 Å². The molecule has 1 aromatic rings. The molecule has 5 nitrogen and oxygen atoms in total. The van der Waals surface area contributed by atoms with Crippen LogP contribution in [-0.2, 0) is 20.7 Å². The van der Waals surface area contributed by atoms with Crippen LogP contribution in [0.1, 0.15) is 31.2 Å². The minimum atomic E-state index is -0.310. The fraction of sp³-hybridized carbons (Fsp3) is 0.522. The summed E-state index contributed by atoms with van der Waals surface area (Å²) in [5, 5.41) is 3.21. The van der Waals surface area contributed by atoms with Crippen molar-refractivity contribution < 1.29 is 18.7 Å². The fourth-order valence-corrected chi connectivity index (χ4v) is 4.37. The molecule has 2 unspecified atom stereocenters. The Balaban J connectivity index is 1.38. The van der Waals surface area contributed by atoms with Crippen molar-refractivity contribution in [3.63, 3.8) is 0 Å². The van der Waals surface area contributed by atoms with Crippen molar-refractivity contribution in [3.8, 4) is 0 Å². The van der Waals surface area contributed by atoms with E-state index in [0.29, 0.717) is 24.7 Å². The third-order valence-corrected chi connectivity index (χ3v) is 5.72. The first kappa shape index (κ1) is 20.0. The molecule has 1 amide bonds. The van der Waals surface area contributed by atoms with Gasteiger partial charge in [0.1, 0.15) is 19.0 Å². The Morgan fingerprint density at radius 2 is 2.00 bits per heavy atom. The van der Waals surface area contributed by atoms with Crippen LogP contribution in [0.4, 0.5) is 4.39 Å². The first-order chi connectivity index (χ1) is 14.2. The molecule has 1 aliphatic carbocycles. The van der Waals surface area contributed by atoms with Gasteiger partial charge in [0, 0.05) is 12.6 Å². The van der Waals surface area contributed by atoms with Crippen LogP contribution in [0.15, 0.2) is 47.9 Å². The number of carbonyl (C=O) groups is 1. The number of nitrogens with zero attached hydrogens (tertiary/aromatic N) is 1. The molecule has 1 N–H and O–H groups in total. The number of ether oxygens (including phenoxy) is 2. The van der Waals surface area contributed by atoms with Crippen LogP contribution < -0.4 is 5.32 Å². The highest BCUT2D eigenvalue weighted by atomic mass is 19.1. The zero-order valence-electron chi connectivity index (χ0n) is 16.7. The highest BCUT2D eigenvalue weighted by Gasteiger charge is 2.26. The Hall–Kier alpha value is -2.34. The van der Waals surface area contributed by atoms with Crippen LogP contribution in [0.25, 0.3) is 0 Å². The molecular formula is C23H29FN2O3. The minimum absolute atomic E-state index is 0.0514. The van der Waals surface area contributed by atoms with Gasteiger partial charge in [0.15, 0.2) is 11.5 Å². The van der Waals surface area contributed by atoms with Gasteiger partial charge in [-0.15, -0.1) is 0 Å². The summed E-state index contributed by atoms with van der Waals surface area (Å²) in [6, 6.07) is 6.30. The van der Waals surface area contributed by atoms with Crippen molar-refractivity contribution >= 4 is 5.91 Å². The lowest BCUT2D eigenvalue weighted by atomic mass is 9.91. The molecule has 0 aromatic heterocycles. The Labute approximate surface area is 171 Å². The summed E-state index contributed by atoms with van der Waals surface area (Å²) in [6.45, 7) is 4.20. The second-order valence-electron chi connectivity index (χ2n) is 8.11. The second-order valence-corrected chi connectivity index (χ2v) is 8.11. The standard InChI is InChI=1S/C23H29FN2O3/c24-19-5-3-4-17(12-19)15-23(27)25-20(16-26-8-1-2-9-26)13-18-6-7-21-22(14-18)29-11-10-28-21/h3-5,7,12,14,18,20H,1-2,6,8-11,13,15-16H2,(H,25,27). The summed E-state index contributed by atoms with van der Waals surface area (Å²) < 4.78 is 24.8. The second kappa shape index (κ2) is 9.44. The zero-order chi connectivity index (χ0) is 20.1. The van der Waals surface area contributed by atoms with Crippen LogP contribution in [0.3, 0.4) is 0 Å². The van der Waals surface area contributed by atoms with E-state index in [1.165, 1.54) is 25.0 Å². The molecule has 1 aromatic carbocycles. The van der Waals surface area contributed by atoms with Gasteiger partial charge in [-0.1, -0.05) is 12.1 Å². The third-order valence-electron chi connectivity index (χ3n) is 5.72. The number of amides is 1. The molecule has 0 spiro atoms. The first-order valence-corrected chi connectivity index (χ1v) is 10.6. The number of rotatable bonds is 7. The van der Waals surface area contributed by atoms with Crippen molar-refractivity contribution in [1.82, 2.24) is 10.2 Å². The number of fused-ring (bicyclic) bond motifs is 1. The van der Waals surface area contributed by atoms with Crippen molar-refractivity contribution in [2.45, 2.75) is 38.1 Å². The predicted octanol–water partition coefficient (Wildman–Crippen LogP) is 3.17. The van der Waals surface area contributed by atoms with E-state index >= 15 is 0 Å². The van der Waals surface area contributed by atoms with E-state index in [2.05, 4.69) is 22.4 Å². The molecule has 6 heteroatoms. The highest BCUT2D eigenvalue weighted by Crippen LogP contribution is 2.30. The lowest BCUT2D eigenvalue weighted by Gasteiger charge is -2.30. The van der Waals surface area contributed by atoms with Crippen LogP contribution in [-0.4, -0.2) is 49.7 Å². The normalized spacial score (nSPS) is 22.6. The molecule has 2 fully saturated rings. The molecular weight excluding hydrogens is 371 g/mol. The molecule has 0 radical (unpaired) electrons. The number of allylic oxidation sites excluding steroid dienone is 2. The van der Waals surface area contributed by atoms with Gasteiger partial charge >= 0.3 is 0 Å². The van der Waals surface area contributed by atoms with Crippen LogP contribution >= 0.6 is 0 Å². The van der Waals surface area contributed by atoms with Gasteiger partial charge in [0.25, 0.3) is 0 Å². The lowest BCUT2D eigenvalue weighted by molar-refractivity contribution is -0.121. The van der Waals surface area contributed by atoms with E-state index in [4.69, 9.17) is 9.47 Å². The Bertz CT molecular complexity index is 786. The maximum absolute atomic E-state index is 13.4. The van der Waals surface area contributed by atoms with Crippen molar-refractivity contribution in [1.29, 1.82) is 0 Å². The zero-order valence-corrected chi connectivity index (χ0v) is 16.7. The van der Waals surface area contributed by atoms with E-state index < -0.39 is 0 Å². The fourth-order valence-electron chi connectivity index (χ4n) is 4.37. The summed E-state index contributed by atoms with van der Waals surface area (Å²) in [4.78, 5) is 15.1. The summed E-state index contributed by atoms with van der Waals surface area (Å²) in [5.74, 6) is 1.61. The van der Waals surface area contributed by atoms with Gasteiger partial charge in [-0.25, -0.2) is 4.39 Å². The lowest BCUT2D eigenvalue weighted by Crippen LogP contribution is -2.44. The Morgan fingerprint density at radius 1 is 1.21 bits per heavy atom. The molecule has 0 saturated carbocycles. The number of benzene rings is 1. The quantitative estimate of drug-likeness (QED) is 0.764. The molecule has 2 saturated heterocycles. The molecule has 3 aliphatic rings. The van der Waals surface area contributed by atoms with E-state index in [9.17, 15) is 9.18 Å². The molecule has 2 heterocycles. The monoisotopic (exact) mass is 400 g/mol. The SMILES string of the molecule is O=C(Cc1cccc(F)c1)NC(CC1C=C2OCCOC2=CC1)CN1CCCC1. The van der Waals surface area contributed by atoms with Gasteiger partial charge in [-0.3, -0.25) is 4.79 Å². The van der Waals surface area contributed by atoms with E-state index in [-0.39, 0.29) is 24.2 Å². The Kier molecular flexibility index (Phi) is 6.49. The van der Waals surface area contributed by atoms with Crippen LogP contribution in [0.2, 0.25) is 0 Å². The number of carbonyl (C=O) groups excluding carboxylic acids is 1. The van der Waals surface area contributed by atoms with Gasteiger partial charge in [-0.05, 0) is 74.5 Å². The average molecular weight is 400 g/mol. The minimum Gasteiger partial charge on any atom is -0.486 e. The number of hydrogen-bond acceptors (Lipinski definition) is 4. The van der Waals surface area contributed by atoms with Crippen molar-refractivity contribution in [2.24, 2.45) is 5.92 Å². The van der Waals surface area contributed by atoms with E-state index in [0.717, 1.165) is 44.0 Å². The van der Waals surface area contributed by atoms with Gasteiger partial charge < -0.3 is 19.7 Å². The maximum Gasteiger partial charge on any atom is 0.224 e. The molecule has 29 heavy (non-hydrogen) atoms. The first-order valence-electron chi connectivity index (χ1n) is 10.6. The predicted molar refractivity (Wildman–Crippen MR) is 109 cm³/mol. The van der Waals surface area contributed by atoms with Gasteiger partial charge in [-0.2, -0.15) is 0 Å². The third kappa shape index (κ3) is 5.60. The molecule has 156 valence electrons. The smallest absolute Gasteiger partial charge is 0.224 e. The summed E-state index contributed by atoms with van der Waals surface area (Å²) >= 11 is 0. The topological polar surface area (TPSA) is 50.8 Å². The van der Waals surface area contributed by atoms with E-state index in [1.807, 2.05) is 0 Å². The van der Waals surface area contributed by atoms with Crippen LogP contribution in [0.5, 0.6) is 0 Å². The maximum atomic E-state index is 13.4. The van der Waals surface area contributed by atoms with Gasteiger partial charge in [0.2, 0.25) is 5.91 Å². The number of likely N-dealkylation sites (tertiary alicyclic amines) is 1. The molecule has 0 bridgehead atoms. The molecule has 2 aliphatic heterocycles. The molecule has 4 rings (SSSR count). The average Bonchev–Trinajstić information content (AvgIpc) is 3.21. The van der Waals surface area contributed by atoms with Crippen LogP contribution in [0, 0.1) is 11.7 Å². The highest BCUT2D eigenvalue weighted by molar-refractivity contribution is 5.78. The largest absolute Gasteiger partial charge is 0.486 e. The van der Waals surface area contributed by atoms with Crippen molar-refractivity contribution in [2.75, 3.05) is 32.8 Å². The summed E-state index contributed by atoms with van der Waals surface area (Å²) in [7, 11) is 0. The van der Waals surface area contributed by atoms with Crippen molar-refractivity contribution in [3.05, 3.63) is 59.3 Å². The summed E-state index contributed by atoms with van der Waals surface area (Å²) in [5.41, 5.74) is 0.697. The summed E-state index contributed by atoms with van der Waals surface area (Å²) in [6.07, 6.45) is 8.61. The molecule has 2 atom stereocenters. The number of hydrogen-bond donors (Lipinski definition) is 1.